The van der Waals surface area contributed by atoms with Crippen molar-refractivity contribution < 1.29 is 4.79 Å². The van der Waals surface area contributed by atoms with Gasteiger partial charge in [-0.15, -0.1) is 11.3 Å². The van der Waals surface area contributed by atoms with Gasteiger partial charge in [0.05, 0.1) is 10.6 Å². The van der Waals surface area contributed by atoms with Gasteiger partial charge in [0.15, 0.2) is 5.16 Å². The second kappa shape index (κ2) is 10.1. The maximum atomic E-state index is 13.7. The molecule has 4 aromatic rings. The van der Waals surface area contributed by atoms with E-state index >= 15 is 0 Å². The molecule has 1 atom stereocenters. The number of aromatic nitrogens is 4. The molecule has 1 aliphatic rings. The van der Waals surface area contributed by atoms with Gasteiger partial charge >= 0.3 is 0 Å². The van der Waals surface area contributed by atoms with Crippen LogP contribution in [0.25, 0.3) is 10.2 Å². The lowest BCUT2D eigenvalue weighted by Gasteiger charge is -2.16. The van der Waals surface area contributed by atoms with Crippen LogP contribution in [0.3, 0.4) is 0 Å². The predicted molar refractivity (Wildman–Crippen MR) is 137 cm³/mol. The van der Waals surface area contributed by atoms with Crippen LogP contribution in [0.4, 0.5) is 5.95 Å². The molecule has 0 fully saturated rings. The molecule has 0 bridgehead atoms. The Morgan fingerprint density at radius 1 is 1.15 bits per heavy atom. The molecular weight excluding hydrogens is 466 g/mol. The first-order chi connectivity index (χ1) is 16.6. The largest absolute Gasteiger partial charge is 0.294 e. The number of hydrogen-bond acceptors (Lipinski definition) is 7. The van der Waals surface area contributed by atoms with Crippen LogP contribution in [0.5, 0.6) is 0 Å². The molecule has 0 spiro atoms. The van der Waals surface area contributed by atoms with Crippen LogP contribution >= 0.6 is 23.1 Å². The van der Waals surface area contributed by atoms with Crippen LogP contribution in [-0.2, 0) is 30.6 Å². The fraction of sp³-hybridized carbons (Fsp3) is 0.320. The summed E-state index contributed by atoms with van der Waals surface area (Å²) in [6.07, 6.45) is 8.09. The van der Waals surface area contributed by atoms with E-state index < -0.39 is 5.25 Å². The summed E-state index contributed by atoms with van der Waals surface area (Å²) in [7, 11) is 0. The van der Waals surface area contributed by atoms with Gasteiger partial charge in [-0.25, -0.2) is 15.0 Å². The third-order valence-electron chi connectivity index (χ3n) is 5.96. The molecule has 0 saturated heterocycles. The summed E-state index contributed by atoms with van der Waals surface area (Å²) in [6.45, 7) is 2.31. The first kappa shape index (κ1) is 22.7. The Hall–Kier alpha value is -3.04. The number of nitrogens with one attached hydrogen (secondary N) is 1. The zero-order chi connectivity index (χ0) is 23.5. The fourth-order valence-corrected chi connectivity index (χ4v) is 6.42. The minimum atomic E-state index is -0.481. The second-order valence-corrected chi connectivity index (χ2v) is 10.7. The van der Waals surface area contributed by atoms with E-state index in [-0.39, 0.29) is 17.4 Å². The maximum Gasteiger partial charge on any atom is 0.263 e. The quantitative estimate of drug-likeness (QED) is 0.303. The van der Waals surface area contributed by atoms with E-state index in [1.807, 2.05) is 18.2 Å². The van der Waals surface area contributed by atoms with E-state index in [2.05, 4.69) is 27.4 Å². The minimum Gasteiger partial charge on any atom is -0.294 e. The zero-order valence-electron chi connectivity index (χ0n) is 18.9. The van der Waals surface area contributed by atoms with Gasteiger partial charge in [-0.3, -0.25) is 19.5 Å². The number of anilines is 1. The van der Waals surface area contributed by atoms with E-state index in [1.54, 1.807) is 41.3 Å². The van der Waals surface area contributed by atoms with E-state index in [9.17, 15) is 9.59 Å². The smallest absolute Gasteiger partial charge is 0.263 e. The molecular formula is C25H25N5O2S2. The zero-order valence-corrected chi connectivity index (χ0v) is 20.5. The highest BCUT2D eigenvalue weighted by atomic mass is 32.2. The first-order valence-corrected chi connectivity index (χ1v) is 13.1. The lowest BCUT2D eigenvalue weighted by atomic mass is 9.97. The number of carbonyl (C=O) groups excluding carboxylic acids is 1. The highest BCUT2D eigenvalue weighted by Crippen LogP contribution is 2.35. The van der Waals surface area contributed by atoms with Gasteiger partial charge in [0.25, 0.3) is 5.56 Å². The van der Waals surface area contributed by atoms with Crippen molar-refractivity contribution in [2.45, 2.75) is 56.0 Å². The number of carbonyl (C=O) groups is 1. The van der Waals surface area contributed by atoms with Crippen molar-refractivity contribution in [3.63, 3.8) is 0 Å². The standard InChI is InChI=1S/C25H25N5O2S2/c1-16(21(31)28-24-26-13-7-14-27-24)33-25-29-22-20(18-10-5-6-11-19(18)34-22)23(32)30(25)15-12-17-8-3-2-4-9-17/h2-4,7-9,13-14,16H,5-6,10-12,15H2,1H3,(H,26,27,28,31). The highest BCUT2D eigenvalue weighted by molar-refractivity contribution is 8.00. The van der Waals surface area contributed by atoms with Gasteiger partial charge in [0.1, 0.15) is 4.83 Å². The van der Waals surface area contributed by atoms with Crippen LogP contribution in [0.1, 0.15) is 35.8 Å². The lowest BCUT2D eigenvalue weighted by Crippen LogP contribution is -2.28. The Balaban J connectivity index is 1.48. The molecule has 0 saturated carbocycles. The number of aryl methyl sites for hydroxylation is 3. The van der Waals surface area contributed by atoms with Gasteiger partial charge in [-0.05, 0) is 56.2 Å². The second-order valence-electron chi connectivity index (χ2n) is 8.30. The third-order valence-corrected chi connectivity index (χ3v) is 8.23. The summed E-state index contributed by atoms with van der Waals surface area (Å²) in [5.74, 6) is 0.0291. The van der Waals surface area contributed by atoms with Crippen LogP contribution in [-0.4, -0.2) is 30.7 Å². The maximum absolute atomic E-state index is 13.7. The fourth-order valence-electron chi connectivity index (χ4n) is 4.18. The Morgan fingerprint density at radius 2 is 1.91 bits per heavy atom. The Labute approximate surface area is 205 Å². The number of thioether (sulfide) groups is 1. The number of fused-ring (bicyclic) bond motifs is 3. The van der Waals surface area contributed by atoms with Crippen molar-refractivity contribution in [3.8, 4) is 0 Å². The van der Waals surface area contributed by atoms with E-state index in [0.717, 1.165) is 41.5 Å². The van der Waals surface area contributed by atoms with E-state index in [1.165, 1.54) is 22.2 Å². The van der Waals surface area contributed by atoms with Crippen molar-refractivity contribution in [2.24, 2.45) is 0 Å². The monoisotopic (exact) mass is 491 g/mol. The molecule has 9 heteroatoms. The van der Waals surface area contributed by atoms with Crippen LogP contribution in [0, 0.1) is 0 Å². The molecule has 1 unspecified atom stereocenters. The number of rotatable bonds is 7. The normalized spacial score (nSPS) is 14.0. The van der Waals surface area contributed by atoms with Crippen LogP contribution < -0.4 is 10.9 Å². The molecule has 0 aliphatic heterocycles. The molecule has 7 nitrogen and oxygen atoms in total. The van der Waals surface area contributed by atoms with E-state index in [0.29, 0.717) is 18.1 Å². The van der Waals surface area contributed by atoms with Crippen LogP contribution in [0.15, 0.2) is 58.7 Å². The Morgan fingerprint density at radius 3 is 2.71 bits per heavy atom. The predicted octanol–water partition coefficient (Wildman–Crippen LogP) is 4.49. The average Bonchev–Trinajstić information content (AvgIpc) is 3.23. The van der Waals surface area contributed by atoms with Gasteiger partial charge in [0.2, 0.25) is 11.9 Å². The van der Waals surface area contributed by atoms with Gasteiger partial charge in [-0.2, -0.15) is 0 Å². The van der Waals surface area contributed by atoms with E-state index in [4.69, 9.17) is 4.98 Å². The molecule has 1 amide bonds. The molecule has 3 heterocycles. The van der Waals surface area contributed by atoms with Gasteiger partial charge < -0.3 is 0 Å². The molecule has 1 aromatic carbocycles. The molecule has 174 valence electrons. The molecule has 34 heavy (non-hydrogen) atoms. The molecule has 1 N–H and O–H groups in total. The summed E-state index contributed by atoms with van der Waals surface area (Å²) >= 11 is 2.93. The first-order valence-electron chi connectivity index (χ1n) is 11.4. The number of thiophene rings is 1. The summed E-state index contributed by atoms with van der Waals surface area (Å²) in [5, 5.41) is 3.60. The summed E-state index contributed by atoms with van der Waals surface area (Å²) in [6, 6.07) is 11.8. The third kappa shape index (κ3) is 4.76. The summed E-state index contributed by atoms with van der Waals surface area (Å²) in [4.78, 5) is 41.6. The van der Waals surface area contributed by atoms with Crippen molar-refractivity contribution in [2.75, 3.05) is 5.32 Å². The number of nitrogens with zero attached hydrogens (tertiary/aromatic N) is 4. The van der Waals surface area contributed by atoms with Crippen molar-refractivity contribution in [1.82, 2.24) is 19.5 Å². The van der Waals surface area contributed by atoms with Gasteiger partial charge in [-0.1, -0.05) is 42.1 Å². The number of amides is 1. The minimum absolute atomic E-state index is 0.00170. The molecule has 3 aromatic heterocycles. The number of benzene rings is 1. The Kier molecular flexibility index (Phi) is 6.73. The van der Waals surface area contributed by atoms with Crippen molar-refractivity contribution in [3.05, 3.63) is 75.1 Å². The van der Waals surface area contributed by atoms with Crippen LogP contribution in [0.2, 0.25) is 0 Å². The number of hydrogen-bond donors (Lipinski definition) is 1. The average molecular weight is 492 g/mol. The Bertz CT molecular complexity index is 1370. The lowest BCUT2D eigenvalue weighted by molar-refractivity contribution is -0.115. The summed E-state index contributed by atoms with van der Waals surface area (Å²) in [5.41, 5.74) is 2.34. The molecule has 1 aliphatic carbocycles. The molecule has 5 rings (SSSR count). The highest BCUT2D eigenvalue weighted by Gasteiger charge is 2.24. The molecule has 0 radical (unpaired) electrons. The van der Waals surface area contributed by atoms with Crippen molar-refractivity contribution in [1.29, 1.82) is 0 Å². The SMILES string of the molecule is CC(Sc1nc2sc3c(c2c(=O)n1CCc1ccccc1)CCCC3)C(=O)Nc1ncccn1. The summed E-state index contributed by atoms with van der Waals surface area (Å²) < 4.78 is 1.75. The topological polar surface area (TPSA) is 89.8 Å². The van der Waals surface area contributed by atoms with Gasteiger partial charge in [0, 0.05) is 23.8 Å². The van der Waals surface area contributed by atoms with Crippen molar-refractivity contribution >= 4 is 45.2 Å².